The lowest BCUT2D eigenvalue weighted by molar-refractivity contribution is -0.162. The van der Waals surface area contributed by atoms with E-state index in [0.717, 1.165) is 15.1 Å². The number of hydrogen-bond acceptors (Lipinski definition) is 3. The molecule has 6 heteroatoms. The van der Waals surface area contributed by atoms with Gasteiger partial charge in [-0.1, -0.05) is 11.6 Å². The summed E-state index contributed by atoms with van der Waals surface area (Å²) < 4.78 is 0.765. The van der Waals surface area contributed by atoms with E-state index < -0.39 is 0 Å². The largest absolute Gasteiger partial charge is 0.274 e. The Morgan fingerprint density at radius 3 is 3.00 bits per heavy atom. The number of hydrogen-bond donors (Lipinski definition) is 0. The maximum atomic E-state index is 11.4. The monoisotopic (exact) mass is 304 g/mol. The number of amides is 1. The van der Waals surface area contributed by atoms with E-state index in [4.69, 9.17) is 16.4 Å². The second-order valence-corrected chi connectivity index (χ2v) is 4.12. The summed E-state index contributed by atoms with van der Waals surface area (Å²) in [6.45, 7) is 0. The molecule has 0 atom stereocenters. The van der Waals surface area contributed by atoms with E-state index in [1.807, 2.05) is 0 Å². The fourth-order valence-electron chi connectivity index (χ4n) is 0.911. The molecule has 0 bridgehead atoms. The molecule has 1 aromatic heterocycles. The topological polar surface area (TPSA) is 42.4 Å². The second-order valence-electron chi connectivity index (χ2n) is 2.88. The summed E-state index contributed by atoms with van der Waals surface area (Å²) in [5, 5.41) is 1.49. The molecule has 0 spiro atoms. The molecule has 0 unspecified atom stereocenters. The Morgan fingerprint density at radius 1 is 1.69 bits per heavy atom. The van der Waals surface area contributed by atoms with Crippen molar-refractivity contribution in [1.82, 2.24) is 10.0 Å². The SMILES string of the molecule is CON(C)C(=O)C=Cc1cc(Cl)ncc1Br. The third-order valence-electron chi connectivity index (χ3n) is 1.84. The van der Waals surface area contributed by atoms with Crippen LogP contribution in [0.2, 0.25) is 5.15 Å². The Bertz CT molecular complexity index is 423. The van der Waals surface area contributed by atoms with Gasteiger partial charge >= 0.3 is 0 Å². The maximum Gasteiger partial charge on any atom is 0.269 e. The van der Waals surface area contributed by atoms with E-state index in [1.165, 1.54) is 20.2 Å². The number of carbonyl (C=O) groups excluding carboxylic acids is 1. The maximum absolute atomic E-state index is 11.4. The van der Waals surface area contributed by atoms with Gasteiger partial charge in [0.2, 0.25) is 0 Å². The van der Waals surface area contributed by atoms with Crippen molar-refractivity contribution in [3.8, 4) is 0 Å². The first-order valence-corrected chi connectivity index (χ1v) is 5.52. The van der Waals surface area contributed by atoms with E-state index in [2.05, 4.69) is 20.9 Å². The van der Waals surface area contributed by atoms with Gasteiger partial charge in [-0.15, -0.1) is 0 Å². The standard InChI is InChI=1S/C10H10BrClN2O2/c1-14(16-2)10(15)4-3-7-5-9(12)13-6-8(7)11/h3-6H,1-2H3. The molecular weight excluding hydrogens is 295 g/mol. The van der Waals surface area contributed by atoms with Crippen LogP contribution in [0.5, 0.6) is 0 Å². The van der Waals surface area contributed by atoms with E-state index in [-0.39, 0.29) is 5.91 Å². The number of aromatic nitrogens is 1. The molecule has 16 heavy (non-hydrogen) atoms. The van der Waals surface area contributed by atoms with Gasteiger partial charge in [0.15, 0.2) is 0 Å². The minimum atomic E-state index is -0.262. The Hall–Kier alpha value is -0.910. The smallest absolute Gasteiger partial charge is 0.269 e. The van der Waals surface area contributed by atoms with E-state index in [1.54, 1.807) is 18.3 Å². The molecule has 0 aromatic carbocycles. The van der Waals surface area contributed by atoms with Crippen LogP contribution in [0.3, 0.4) is 0 Å². The van der Waals surface area contributed by atoms with Crippen LogP contribution >= 0.6 is 27.5 Å². The molecular formula is C10H10BrClN2O2. The molecule has 0 N–H and O–H groups in total. The van der Waals surface area contributed by atoms with Crippen molar-refractivity contribution in [3.05, 3.63) is 33.5 Å². The van der Waals surface area contributed by atoms with Crippen molar-refractivity contribution in [2.75, 3.05) is 14.2 Å². The van der Waals surface area contributed by atoms with Crippen molar-refractivity contribution in [2.45, 2.75) is 0 Å². The summed E-state index contributed by atoms with van der Waals surface area (Å²) in [6.07, 6.45) is 4.60. The molecule has 1 heterocycles. The molecule has 0 fully saturated rings. The van der Waals surface area contributed by atoms with Crippen molar-refractivity contribution < 1.29 is 9.63 Å². The number of carbonyl (C=O) groups is 1. The number of hydroxylamine groups is 2. The molecule has 1 amide bonds. The number of pyridine rings is 1. The first-order valence-electron chi connectivity index (χ1n) is 4.35. The molecule has 0 saturated heterocycles. The number of halogens is 2. The predicted molar refractivity (Wildman–Crippen MR) is 65.8 cm³/mol. The molecule has 0 aliphatic carbocycles. The van der Waals surface area contributed by atoms with Crippen LogP contribution in [0.25, 0.3) is 6.08 Å². The zero-order valence-corrected chi connectivity index (χ0v) is 11.1. The molecule has 0 radical (unpaired) electrons. The van der Waals surface area contributed by atoms with Gasteiger partial charge in [0, 0.05) is 23.8 Å². The van der Waals surface area contributed by atoms with Crippen LogP contribution in [0.4, 0.5) is 0 Å². The Balaban J connectivity index is 2.84. The Labute approximate surface area is 107 Å². The van der Waals surface area contributed by atoms with Crippen LogP contribution in [-0.4, -0.2) is 30.1 Å². The van der Waals surface area contributed by atoms with Gasteiger partial charge in [0.1, 0.15) is 5.15 Å². The molecule has 0 aliphatic heterocycles. The molecule has 86 valence electrons. The van der Waals surface area contributed by atoms with Gasteiger partial charge in [-0.05, 0) is 33.6 Å². The minimum Gasteiger partial charge on any atom is -0.274 e. The van der Waals surface area contributed by atoms with Crippen molar-refractivity contribution in [2.24, 2.45) is 0 Å². The van der Waals surface area contributed by atoms with Gasteiger partial charge in [0.25, 0.3) is 5.91 Å². The molecule has 0 aliphatic rings. The fourth-order valence-corrected chi connectivity index (χ4v) is 1.43. The van der Waals surface area contributed by atoms with E-state index in [0.29, 0.717) is 5.15 Å². The first kappa shape index (κ1) is 13.2. The summed E-state index contributed by atoms with van der Waals surface area (Å²) in [5.74, 6) is -0.262. The van der Waals surface area contributed by atoms with Crippen LogP contribution in [0.15, 0.2) is 22.8 Å². The average molecular weight is 306 g/mol. The van der Waals surface area contributed by atoms with Gasteiger partial charge in [-0.2, -0.15) is 0 Å². The highest BCUT2D eigenvalue weighted by atomic mass is 79.9. The Morgan fingerprint density at radius 2 is 2.38 bits per heavy atom. The summed E-state index contributed by atoms with van der Waals surface area (Å²) >= 11 is 9.04. The summed E-state index contributed by atoms with van der Waals surface area (Å²) in [4.78, 5) is 20.0. The molecule has 1 aromatic rings. The second kappa shape index (κ2) is 5.98. The van der Waals surface area contributed by atoms with Crippen LogP contribution in [-0.2, 0) is 9.63 Å². The van der Waals surface area contributed by atoms with Crippen LogP contribution < -0.4 is 0 Å². The predicted octanol–water partition coefficient (Wildman–Crippen LogP) is 2.53. The third kappa shape index (κ3) is 3.59. The molecule has 0 saturated carbocycles. The fraction of sp³-hybridized carbons (Fsp3) is 0.200. The van der Waals surface area contributed by atoms with Gasteiger partial charge < -0.3 is 0 Å². The van der Waals surface area contributed by atoms with Crippen molar-refractivity contribution in [1.29, 1.82) is 0 Å². The molecule has 4 nitrogen and oxygen atoms in total. The van der Waals surface area contributed by atoms with Gasteiger partial charge in [0.05, 0.1) is 7.11 Å². The van der Waals surface area contributed by atoms with Crippen molar-refractivity contribution in [3.63, 3.8) is 0 Å². The third-order valence-corrected chi connectivity index (χ3v) is 2.71. The quantitative estimate of drug-likeness (QED) is 0.489. The van der Waals surface area contributed by atoms with E-state index >= 15 is 0 Å². The normalized spacial score (nSPS) is 10.8. The number of rotatable bonds is 3. The highest BCUT2D eigenvalue weighted by Crippen LogP contribution is 2.19. The molecule has 1 rings (SSSR count). The summed E-state index contributed by atoms with van der Waals surface area (Å²) in [7, 11) is 2.95. The first-order chi connectivity index (χ1) is 7.54. The lowest BCUT2D eigenvalue weighted by Gasteiger charge is -2.10. The lowest BCUT2D eigenvalue weighted by Crippen LogP contribution is -2.22. The van der Waals surface area contributed by atoms with Gasteiger partial charge in [-0.3, -0.25) is 9.63 Å². The van der Waals surface area contributed by atoms with Crippen LogP contribution in [0.1, 0.15) is 5.56 Å². The zero-order valence-electron chi connectivity index (χ0n) is 8.78. The zero-order chi connectivity index (χ0) is 12.1. The van der Waals surface area contributed by atoms with E-state index in [9.17, 15) is 4.79 Å². The lowest BCUT2D eigenvalue weighted by atomic mass is 10.2. The summed E-state index contributed by atoms with van der Waals surface area (Å²) in [6, 6.07) is 1.65. The van der Waals surface area contributed by atoms with Gasteiger partial charge in [-0.25, -0.2) is 10.0 Å². The van der Waals surface area contributed by atoms with Crippen LogP contribution in [0, 0.1) is 0 Å². The highest BCUT2D eigenvalue weighted by molar-refractivity contribution is 9.10. The number of likely N-dealkylation sites (N-methyl/N-ethyl adjacent to an activating group) is 1. The highest BCUT2D eigenvalue weighted by Gasteiger charge is 2.03. The Kier molecular flexibility index (Phi) is 4.92. The number of nitrogens with zero attached hydrogens (tertiary/aromatic N) is 2. The average Bonchev–Trinajstić information content (AvgIpc) is 2.28. The minimum absolute atomic E-state index is 0.262. The summed E-state index contributed by atoms with van der Waals surface area (Å²) in [5.41, 5.74) is 0.776. The van der Waals surface area contributed by atoms with Crippen molar-refractivity contribution >= 4 is 39.5 Å².